The Morgan fingerprint density at radius 2 is 2.10 bits per heavy atom. The van der Waals surface area contributed by atoms with E-state index < -0.39 is 5.97 Å². The van der Waals surface area contributed by atoms with Gasteiger partial charge in [0, 0.05) is 23.2 Å². The number of benzene rings is 1. The number of aromatic nitrogens is 2. The van der Waals surface area contributed by atoms with Crippen LogP contribution in [0.3, 0.4) is 0 Å². The Bertz CT molecular complexity index is 664. The first-order valence-corrected chi connectivity index (χ1v) is 6.81. The molecule has 2 aromatic rings. The quantitative estimate of drug-likeness (QED) is 0.891. The van der Waals surface area contributed by atoms with Gasteiger partial charge in [-0.25, -0.2) is 9.78 Å². The lowest BCUT2D eigenvalue weighted by atomic mass is 10.0. The molecule has 1 unspecified atom stereocenters. The maximum atomic E-state index is 11.4. The lowest BCUT2D eigenvalue weighted by Crippen LogP contribution is -2.23. The highest BCUT2D eigenvalue weighted by Gasteiger charge is 2.29. The molecule has 0 aliphatic carbocycles. The summed E-state index contributed by atoms with van der Waals surface area (Å²) in [7, 11) is 0. The van der Waals surface area contributed by atoms with Crippen LogP contribution in [0, 0.1) is 0 Å². The fraction of sp³-hybridized carbons (Fsp3) is 0.286. The number of carboxylic acid groups (broad SMARTS) is 1. The molecule has 1 aliphatic rings. The summed E-state index contributed by atoms with van der Waals surface area (Å²) in [6, 6.07) is 6.93. The number of carboxylic acids is 1. The summed E-state index contributed by atoms with van der Waals surface area (Å²) in [6.07, 6.45) is 1.70. The first-order chi connectivity index (χ1) is 9.58. The smallest absolute Gasteiger partial charge is 0.356 e. The molecule has 2 heterocycles. The van der Waals surface area contributed by atoms with Crippen LogP contribution < -0.4 is 5.73 Å². The van der Waals surface area contributed by atoms with Crippen molar-refractivity contribution in [2.24, 2.45) is 5.73 Å². The number of hydrogen-bond acceptors (Lipinski definition) is 3. The van der Waals surface area contributed by atoms with E-state index in [4.69, 9.17) is 17.3 Å². The van der Waals surface area contributed by atoms with E-state index in [1.807, 2.05) is 16.7 Å². The fourth-order valence-corrected chi connectivity index (χ4v) is 2.78. The van der Waals surface area contributed by atoms with Gasteiger partial charge in [-0.3, -0.25) is 0 Å². The number of nitrogens with zero attached hydrogens (tertiary/aromatic N) is 2. The molecule has 0 spiro atoms. The minimum atomic E-state index is -1.04. The molecule has 1 aromatic carbocycles. The summed E-state index contributed by atoms with van der Waals surface area (Å²) in [5.41, 5.74) is 7.58. The highest BCUT2D eigenvalue weighted by atomic mass is 35.5. The second-order valence-corrected chi connectivity index (χ2v) is 5.32. The van der Waals surface area contributed by atoms with Gasteiger partial charge in [-0.15, -0.1) is 0 Å². The molecule has 0 radical (unpaired) electrons. The molecule has 1 atom stereocenters. The molecule has 1 aliphatic heterocycles. The maximum Gasteiger partial charge on any atom is 0.356 e. The van der Waals surface area contributed by atoms with Crippen LogP contribution in [0.15, 0.2) is 24.3 Å². The second-order valence-electron chi connectivity index (χ2n) is 4.88. The van der Waals surface area contributed by atoms with Crippen LogP contribution >= 0.6 is 11.6 Å². The lowest BCUT2D eigenvalue weighted by molar-refractivity contribution is 0.0688. The van der Waals surface area contributed by atoms with Crippen molar-refractivity contribution in [3.05, 3.63) is 40.7 Å². The third kappa shape index (κ3) is 2.09. The lowest BCUT2D eigenvalue weighted by Gasteiger charge is -2.22. The van der Waals surface area contributed by atoms with Crippen molar-refractivity contribution in [2.45, 2.75) is 25.4 Å². The molecule has 0 bridgehead atoms. The molecule has 0 saturated carbocycles. The van der Waals surface area contributed by atoms with Crippen molar-refractivity contribution in [1.82, 2.24) is 9.55 Å². The number of carbonyl (C=O) groups is 1. The van der Waals surface area contributed by atoms with E-state index in [0.29, 0.717) is 16.5 Å². The first-order valence-electron chi connectivity index (χ1n) is 6.43. The minimum absolute atomic E-state index is 0.0575. The van der Waals surface area contributed by atoms with Gasteiger partial charge in [0.1, 0.15) is 5.82 Å². The Kier molecular flexibility index (Phi) is 3.23. The van der Waals surface area contributed by atoms with Crippen LogP contribution in [0.4, 0.5) is 0 Å². The molecule has 0 saturated heterocycles. The zero-order chi connectivity index (χ0) is 14.3. The summed E-state index contributed by atoms with van der Waals surface area (Å²) in [5.74, 6) is -0.393. The van der Waals surface area contributed by atoms with E-state index in [1.54, 1.807) is 12.1 Å². The molecule has 20 heavy (non-hydrogen) atoms. The van der Waals surface area contributed by atoms with E-state index in [0.717, 1.165) is 24.9 Å². The van der Waals surface area contributed by atoms with E-state index >= 15 is 0 Å². The average molecular weight is 292 g/mol. The average Bonchev–Trinajstić information content (AvgIpc) is 2.81. The molecule has 0 fully saturated rings. The predicted molar refractivity (Wildman–Crippen MR) is 75.8 cm³/mol. The Balaban J connectivity index is 2.19. The molecular formula is C14H14ClN3O2. The highest BCUT2D eigenvalue weighted by Crippen LogP contribution is 2.32. The predicted octanol–water partition coefficient (Wildman–Crippen LogP) is 2.70. The fourth-order valence-electron chi connectivity index (χ4n) is 2.65. The summed E-state index contributed by atoms with van der Waals surface area (Å²) < 4.78 is 1.92. The van der Waals surface area contributed by atoms with E-state index in [-0.39, 0.29) is 11.7 Å². The topological polar surface area (TPSA) is 81.1 Å². The van der Waals surface area contributed by atoms with Crippen molar-refractivity contribution in [3.63, 3.8) is 0 Å². The van der Waals surface area contributed by atoms with Gasteiger partial charge in [0.05, 0.1) is 5.69 Å². The van der Waals surface area contributed by atoms with Crippen molar-refractivity contribution in [2.75, 3.05) is 0 Å². The van der Waals surface area contributed by atoms with Crippen molar-refractivity contribution in [1.29, 1.82) is 0 Å². The molecule has 6 heteroatoms. The van der Waals surface area contributed by atoms with Crippen molar-refractivity contribution >= 4 is 17.6 Å². The number of imidazole rings is 1. The van der Waals surface area contributed by atoms with Gasteiger partial charge >= 0.3 is 5.97 Å². The van der Waals surface area contributed by atoms with Gasteiger partial charge in [0.2, 0.25) is 0 Å². The number of fused-ring (bicyclic) bond motifs is 1. The van der Waals surface area contributed by atoms with Crippen LogP contribution in [0.25, 0.3) is 11.4 Å². The number of rotatable bonds is 2. The first kappa shape index (κ1) is 13.1. The zero-order valence-corrected chi connectivity index (χ0v) is 11.5. The molecule has 3 rings (SSSR count). The van der Waals surface area contributed by atoms with Gasteiger partial charge < -0.3 is 15.4 Å². The molecule has 3 N–H and O–H groups in total. The number of aromatic carboxylic acids is 1. The summed E-state index contributed by atoms with van der Waals surface area (Å²) >= 11 is 5.88. The monoisotopic (exact) mass is 291 g/mol. The van der Waals surface area contributed by atoms with E-state index in [2.05, 4.69) is 4.98 Å². The zero-order valence-electron chi connectivity index (χ0n) is 10.7. The maximum absolute atomic E-state index is 11.4. The van der Waals surface area contributed by atoms with Crippen molar-refractivity contribution in [3.8, 4) is 11.4 Å². The van der Waals surface area contributed by atoms with Gasteiger partial charge in [-0.2, -0.15) is 0 Å². The number of halogens is 1. The second kappa shape index (κ2) is 4.92. The van der Waals surface area contributed by atoms with Crippen LogP contribution in [0.2, 0.25) is 5.02 Å². The van der Waals surface area contributed by atoms with E-state index in [1.165, 1.54) is 0 Å². The third-order valence-electron chi connectivity index (χ3n) is 3.56. The van der Waals surface area contributed by atoms with Crippen LogP contribution in [0.1, 0.15) is 35.1 Å². The Labute approximate surface area is 121 Å². The third-order valence-corrected chi connectivity index (χ3v) is 3.81. The molecular weight excluding hydrogens is 278 g/mol. The minimum Gasteiger partial charge on any atom is -0.476 e. The van der Waals surface area contributed by atoms with Gasteiger partial charge in [-0.1, -0.05) is 11.6 Å². The molecule has 104 valence electrons. The molecule has 5 nitrogen and oxygen atoms in total. The molecule has 1 aromatic heterocycles. The number of hydrogen-bond donors (Lipinski definition) is 2. The van der Waals surface area contributed by atoms with E-state index in [9.17, 15) is 9.90 Å². The summed E-state index contributed by atoms with van der Waals surface area (Å²) in [6.45, 7) is 0.737. The van der Waals surface area contributed by atoms with Crippen LogP contribution in [0.5, 0.6) is 0 Å². The van der Waals surface area contributed by atoms with Crippen LogP contribution in [-0.2, 0) is 6.54 Å². The van der Waals surface area contributed by atoms with Crippen molar-refractivity contribution < 1.29 is 9.90 Å². The summed E-state index contributed by atoms with van der Waals surface area (Å²) in [5, 5.41) is 9.94. The Morgan fingerprint density at radius 3 is 2.75 bits per heavy atom. The standard InChI is InChI=1S/C14H14ClN3O2/c15-9-5-3-8(4-6-9)13-17-11(14(19)20)12-10(16)2-1-7-18(12)13/h3-6,10H,1-2,7,16H2,(H,19,20). The van der Waals surface area contributed by atoms with Gasteiger partial charge in [0.15, 0.2) is 5.69 Å². The Morgan fingerprint density at radius 1 is 1.40 bits per heavy atom. The van der Waals surface area contributed by atoms with Gasteiger partial charge in [0.25, 0.3) is 0 Å². The normalized spacial score (nSPS) is 17.8. The molecule has 0 amide bonds. The highest BCUT2D eigenvalue weighted by molar-refractivity contribution is 6.30. The number of nitrogens with two attached hydrogens (primary N) is 1. The summed E-state index contributed by atoms with van der Waals surface area (Å²) in [4.78, 5) is 15.6. The van der Waals surface area contributed by atoms with Crippen LogP contribution in [-0.4, -0.2) is 20.6 Å². The Hall–Kier alpha value is -1.85. The largest absolute Gasteiger partial charge is 0.476 e. The SMILES string of the molecule is NC1CCCn2c(-c3ccc(Cl)cc3)nc(C(=O)O)c21. The van der Waals surface area contributed by atoms with Gasteiger partial charge in [-0.05, 0) is 37.1 Å².